The van der Waals surface area contributed by atoms with Crippen molar-refractivity contribution in [3.63, 3.8) is 0 Å². The summed E-state index contributed by atoms with van der Waals surface area (Å²) in [6.45, 7) is 1.93. The lowest BCUT2D eigenvalue weighted by molar-refractivity contribution is -0.384. The van der Waals surface area contributed by atoms with Gasteiger partial charge in [-0.15, -0.1) is 0 Å². The van der Waals surface area contributed by atoms with E-state index < -0.39 is 9.85 Å². The van der Waals surface area contributed by atoms with Gasteiger partial charge in [-0.05, 0) is 43.3 Å². The zero-order chi connectivity index (χ0) is 33.2. The number of pyridine rings is 2. The largest absolute Gasteiger partial charge is 0.457 e. The van der Waals surface area contributed by atoms with Gasteiger partial charge in [-0.25, -0.2) is 0 Å². The molecule has 3 N–H and O–H groups in total. The summed E-state index contributed by atoms with van der Waals surface area (Å²) in [5.74, 6) is 1.53. The van der Waals surface area contributed by atoms with Crippen molar-refractivity contribution < 1.29 is 34.1 Å². The lowest BCUT2D eigenvalue weighted by Gasteiger charge is -2.08. The Balaban J connectivity index is 0.000000289. The zero-order valence-corrected chi connectivity index (χ0v) is 24.7. The first-order valence-electron chi connectivity index (χ1n) is 13.0. The Morgan fingerprint density at radius 2 is 1.22 bits per heavy atom. The fourth-order valence-corrected chi connectivity index (χ4v) is 3.37. The Kier molecular flexibility index (Phi) is 14.3. The van der Waals surface area contributed by atoms with Gasteiger partial charge in [-0.3, -0.25) is 35.0 Å². The number of carbonyl (C=O) groups is 1. The third-order valence-corrected chi connectivity index (χ3v) is 5.26. The molecule has 45 heavy (non-hydrogen) atoms. The molecule has 16 nitrogen and oxygen atoms in total. The number of aromatic nitrogens is 2. The van der Waals surface area contributed by atoms with Crippen LogP contribution in [0.2, 0.25) is 0 Å². The maximum absolute atomic E-state index is 11.0. The SMILES string of the molecule is CCO.CNc1ccc(Oc2ccnc(/C=N\OC)c2)cc1[N+](=O)[O-].CNc1ccc(Oc2ccnc(C=O)c2)cc1[N+](=O)[O-]. The lowest BCUT2D eigenvalue weighted by atomic mass is 10.2. The van der Waals surface area contributed by atoms with Gasteiger partial charge in [0.05, 0.1) is 33.9 Å². The van der Waals surface area contributed by atoms with E-state index in [2.05, 4.69) is 30.6 Å². The van der Waals surface area contributed by atoms with Gasteiger partial charge in [0.15, 0.2) is 6.29 Å². The standard InChI is InChI=1S/C14H14N4O4.C13H11N3O4.C2H6O/c1-15-13-4-3-11(8-14(13)18(19)20)22-12-5-6-16-10(7-12)9-17-21-2;1-14-12-3-2-10(7-13(12)16(18)19)20-11-4-5-15-9(6-11)8-17;1-2-3/h3-9,15H,1-2H3;2-8,14H,1H3;3H,2H2,1H3/b17-9-;;. The van der Waals surface area contributed by atoms with E-state index in [0.29, 0.717) is 46.4 Å². The van der Waals surface area contributed by atoms with E-state index in [1.54, 1.807) is 69.7 Å². The number of benzene rings is 2. The molecule has 0 saturated heterocycles. The van der Waals surface area contributed by atoms with Crippen LogP contribution < -0.4 is 20.1 Å². The molecule has 236 valence electrons. The summed E-state index contributed by atoms with van der Waals surface area (Å²) in [6, 6.07) is 15.3. The van der Waals surface area contributed by atoms with Crippen molar-refractivity contribution >= 4 is 35.3 Å². The number of nitrogens with zero attached hydrogens (tertiary/aromatic N) is 5. The fraction of sp³-hybridized carbons (Fsp3) is 0.172. The van der Waals surface area contributed by atoms with Crippen molar-refractivity contribution in [2.45, 2.75) is 6.92 Å². The average molecular weight is 622 g/mol. The number of nitro benzene ring substituents is 2. The molecule has 2 aromatic carbocycles. The third-order valence-electron chi connectivity index (χ3n) is 5.26. The maximum atomic E-state index is 11.0. The Bertz CT molecular complexity index is 1620. The van der Waals surface area contributed by atoms with Crippen molar-refractivity contribution in [2.75, 3.05) is 38.4 Å². The lowest BCUT2D eigenvalue weighted by Crippen LogP contribution is -1.97. The number of ether oxygens (including phenoxy) is 2. The van der Waals surface area contributed by atoms with Crippen molar-refractivity contribution in [1.29, 1.82) is 0 Å². The molecule has 0 aliphatic carbocycles. The number of hydrogen-bond donors (Lipinski definition) is 3. The van der Waals surface area contributed by atoms with Gasteiger partial charge in [0.1, 0.15) is 47.2 Å². The number of hydrogen-bond acceptors (Lipinski definition) is 14. The molecule has 0 amide bonds. The predicted octanol–water partition coefficient (Wildman–Crippen LogP) is 5.44. The van der Waals surface area contributed by atoms with Crippen LogP contribution in [0.3, 0.4) is 0 Å². The predicted molar refractivity (Wildman–Crippen MR) is 167 cm³/mol. The molecule has 0 fully saturated rings. The summed E-state index contributed by atoms with van der Waals surface area (Å²) in [6.07, 6.45) is 5.00. The van der Waals surface area contributed by atoms with Gasteiger partial charge in [-0.2, -0.15) is 0 Å². The number of oxime groups is 1. The molecule has 16 heteroatoms. The highest BCUT2D eigenvalue weighted by Gasteiger charge is 2.15. The second kappa shape index (κ2) is 18.4. The number of rotatable bonds is 11. The van der Waals surface area contributed by atoms with Gasteiger partial charge < -0.3 is 30.1 Å². The second-order valence-corrected chi connectivity index (χ2v) is 8.26. The Labute approximate surface area is 257 Å². The van der Waals surface area contributed by atoms with Crippen LogP contribution >= 0.6 is 0 Å². The van der Waals surface area contributed by atoms with Crippen LogP contribution in [-0.4, -0.2) is 65.2 Å². The van der Waals surface area contributed by atoms with Crippen LogP contribution in [0.4, 0.5) is 22.7 Å². The van der Waals surface area contributed by atoms with Gasteiger partial charge >= 0.3 is 0 Å². The third kappa shape index (κ3) is 11.2. The van der Waals surface area contributed by atoms with E-state index in [0.717, 1.165) is 0 Å². The molecule has 0 bridgehead atoms. The highest BCUT2D eigenvalue weighted by atomic mass is 16.6. The van der Waals surface area contributed by atoms with Gasteiger partial charge in [0, 0.05) is 45.2 Å². The number of carbonyl (C=O) groups excluding carboxylic acids is 1. The minimum atomic E-state index is -0.498. The highest BCUT2D eigenvalue weighted by molar-refractivity contribution is 5.77. The first-order valence-corrected chi connectivity index (χ1v) is 13.0. The minimum Gasteiger partial charge on any atom is -0.457 e. The summed E-state index contributed by atoms with van der Waals surface area (Å²) >= 11 is 0. The summed E-state index contributed by atoms with van der Waals surface area (Å²) in [7, 11) is 4.65. The molecule has 4 aromatic rings. The Hall–Kier alpha value is -6.16. The molecule has 0 radical (unpaired) electrons. The van der Waals surface area contributed by atoms with Crippen LogP contribution in [0.5, 0.6) is 23.0 Å². The first kappa shape index (κ1) is 35.0. The number of anilines is 2. The van der Waals surface area contributed by atoms with E-state index in [1.165, 1.54) is 37.7 Å². The van der Waals surface area contributed by atoms with Crippen molar-refractivity contribution in [3.8, 4) is 23.0 Å². The zero-order valence-electron chi connectivity index (χ0n) is 24.7. The van der Waals surface area contributed by atoms with Crippen LogP contribution in [0.25, 0.3) is 0 Å². The van der Waals surface area contributed by atoms with Crippen LogP contribution in [0.15, 0.2) is 78.2 Å². The summed E-state index contributed by atoms with van der Waals surface area (Å²) in [4.78, 5) is 44.1. The first-order chi connectivity index (χ1) is 21.7. The van der Waals surface area contributed by atoms with Gasteiger partial charge in [-0.1, -0.05) is 5.16 Å². The molecule has 0 aliphatic heterocycles. The maximum Gasteiger partial charge on any atom is 0.296 e. The summed E-state index contributed by atoms with van der Waals surface area (Å²) in [5, 5.41) is 38.6. The molecular weight excluding hydrogens is 590 g/mol. The molecule has 4 rings (SSSR count). The molecule has 0 saturated carbocycles. The molecule has 0 unspecified atom stereocenters. The smallest absolute Gasteiger partial charge is 0.296 e. The van der Waals surface area contributed by atoms with Crippen molar-refractivity contribution in [3.05, 3.63) is 105 Å². The van der Waals surface area contributed by atoms with Crippen LogP contribution in [0, 0.1) is 20.2 Å². The number of aliphatic hydroxyl groups is 1. The van der Waals surface area contributed by atoms with Gasteiger partial charge in [0.2, 0.25) is 0 Å². The molecule has 0 aliphatic rings. The topological polar surface area (TPSA) is 213 Å². The number of nitro groups is 2. The quantitative estimate of drug-likeness (QED) is 0.0824. The summed E-state index contributed by atoms with van der Waals surface area (Å²) in [5.41, 5.74) is 1.43. The number of nitrogens with one attached hydrogen (secondary N) is 2. The van der Waals surface area contributed by atoms with E-state index >= 15 is 0 Å². The van der Waals surface area contributed by atoms with E-state index in [1.807, 2.05) is 0 Å². The molecule has 2 aromatic heterocycles. The second-order valence-electron chi connectivity index (χ2n) is 8.26. The fourth-order valence-electron chi connectivity index (χ4n) is 3.37. The van der Waals surface area contributed by atoms with E-state index in [4.69, 9.17) is 14.6 Å². The molecule has 2 heterocycles. The van der Waals surface area contributed by atoms with Crippen molar-refractivity contribution in [1.82, 2.24) is 9.97 Å². The highest BCUT2D eigenvalue weighted by Crippen LogP contribution is 2.32. The molecule has 0 spiro atoms. The van der Waals surface area contributed by atoms with Crippen molar-refractivity contribution in [2.24, 2.45) is 5.16 Å². The normalized spacial score (nSPS) is 9.89. The Morgan fingerprint density at radius 1 is 0.800 bits per heavy atom. The average Bonchev–Trinajstić information content (AvgIpc) is 3.04. The minimum absolute atomic E-state index is 0.0600. The van der Waals surface area contributed by atoms with E-state index in [9.17, 15) is 25.0 Å². The van der Waals surface area contributed by atoms with Crippen LogP contribution in [0.1, 0.15) is 23.1 Å². The van der Waals surface area contributed by atoms with E-state index in [-0.39, 0.29) is 23.7 Å². The Morgan fingerprint density at radius 3 is 1.62 bits per heavy atom. The number of aliphatic hydroxyl groups excluding tert-OH is 1. The molecule has 0 atom stereocenters. The number of aldehydes is 1. The molecular formula is C29H31N7O9. The monoisotopic (exact) mass is 621 g/mol. The van der Waals surface area contributed by atoms with Crippen LogP contribution in [-0.2, 0) is 4.84 Å². The summed E-state index contributed by atoms with van der Waals surface area (Å²) < 4.78 is 11.1. The van der Waals surface area contributed by atoms with Gasteiger partial charge in [0.25, 0.3) is 11.4 Å².